The van der Waals surface area contributed by atoms with Crippen LogP contribution in [-0.2, 0) is 6.18 Å². The summed E-state index contributed by atoms with van der Waals surface area (Å²) < 4.78 is 36.9. The van der Waals surface area contributed by atoms with Crippen LogP contribution < -0.4 is 5.73 Å². The third-order valence-electron chi connectivity index (χ3n) is 1.49. The van der Waals surface area contributed by atoms with E-state index in [-0.39, 0.29) is 5.69 Å². The molecular formula is C7H8F3N3. The van der Waals surface area contributed by atoms with Crippen molar-refractivity contribution in [1.82, 2.24) is 10.2 Å². The smallest absolute Gasteiger partial charge is 0.323 e. The van der Waals surface area contributed by atoms with Gasteiger partial charge < -0.3 is 5.73 Å². The highest BCUT2D eigenvalue weighted by molar-refractivity contribution is 5.22. The van der Waals surface area contributed by atoms with E-state index in [2.05, 4.69) is 10.2 Å². The van der Waals surface area contributed by atoms with Crippen molar-refractivity contribution >= 4 is 0 Å². The van der Waals surface area contributed by atoms with E-state index in [9.17, 15) is 13.2 Å². The topological polar surface area (TPSA) is 51.8 Å². The van der Waals surface area contributed by atoms with Gasteiger partial charge in [0.05, 0.1) is 17.5 Å². The van der Waals surface area contributed by atoms with Gasteiger partial charge in [0.1, 0.15) is 0 Å². The molecule has 0 unspecified atom stereocenters. The Morgan fingerprint density at radius 3 is 2.46 bits per heavy atom. The van der Waals surface area contributed by atoms with Gasteiger partial charge in [0.25, 0.3) is 0 Å². The second-order valence-corrected chi connectivity index (χ2v) is 2.62. The van der Waals surface area contributed by atoms with E-state index in [0.29, 0.717) is 0 Å². The molecule has 1 aromatic heterocycles. The fraction of sp³-hybridized carbons (Fsp3) is 0.429. The molecule has 0 aliphatic carbocycles. The van der Waals surface area contributed by atoms with Crippen LogP contribution in [0.3, 0.4) is 0 Å². The lowest BCUT2D eigenvalue weighted by Crippen LogP contribution is -2.17. The minimum Gasteiger partial charge on any atom is -0.323 e. The average molecular weight is 191 g/mol. The fourth-order valence-electron chi connectivity index (χ4n) is 0.919. The maximum atomic E-state index is 12.3. The largest absolute Gasteiger partial charge is 0.418 e. The Balaban J connectivity index is 3.20. The summed E-state index contributed by atoms with van der Waals surface area (Å²) in [5.41, 5.74) is 4.26. The van der Waals surface area contributed by atoms with E-state index in [4.69, 9.17) is 5.73 Å². The maximum Gasteiger partial charge on any atom is 0.418 e. The van der Waals surface area contributed by atoms with Crippen LogP contribution in [0.2, 0.25) is 0 Å². The van der Waals surface area contributed by atoms with Crippen LogP contribution in [0.1, 0.15) is 24.2 Å². The summed E-state index contributed by atoms with van der Waals surface area (Å²) in [5.74, 6) is 0. The molecular weight excluding hydrogens is 183 g/mol. The molecule has 0 aliphatic heterocycles. The van der Waals surface area contributed by atoms with Gasteiger partial charge in [-0.2, -0.15) is 23.4 Å². The summed E-state index contributed by atoms with van der Waals surface area (Å²) in [4.78, 5) is 0. The Bertz CT molecular complexity index is 295. The van der Waals surface area contributed by atoms with Gasteiger partial charge in [-0.3, -0.25) is 0 Å². The van der Waals surface area contributed by atoms with E-state index in [1.54, 1.807) is 0 Å². The first-order valence-electron chi connectivity index (χ1n) is 3.57. The van der Waals surface area contributed by atoms with Crippen molar-refractivity contribution in [3.05, 3.63) is 23.5 Å². The van der Waals surface area contributed by atoms with E-state index >= 15 is 0 Å². The Hall–Kier alpha value is -1.17. The molecule has 1 atom stereocenters. The van der Waals surface area contributed by atoms with E-state index in [1.807, 2.05) is 0 Å². The van der Waals surface area contributed by atoms with Crippen LogP contribution in [0.4, 0.5) is 13.2 Å². The maximum absolute atomic E-state index is 12.3. The van der Waals surface area contributed by atoms with E-state index in [0.717, 1.165) is 12.3 Å². The van der Waals surface area contributed by atoms with Crippen LogP contribution in [0.25, 0.3) is 0 Å². The second kappa shape index (κ2) is 3.29. The molecule has 0 aliphatic rings. The van der Waals surface area contributed by atoms with Crippen molar-refractivity contribution < 1.29 is 13.2 Å². The number of hydrogen-bond acceptors (Lipinski definition) is 3. The van der Waals surface area contributed by atoms with Gasteiger partial charge in [-0.05, 0) is 13.0 Å². The van der Waals surface area contributed by atoms with Crippen LogP contribution in [0, 0.1) is 0 Å². The van der Waals surface area contributed by atoms with Crippen LogP contribution in [-0.4, -0.2) is 10.2 Å². The molecule has 0 radical (unpaired) electrons. The van der Waals surface area contributed by atoms with Crippen LogP contribution in [0.15, 0.2) is 12.3 Å². The van der Waals surface area contributed by atoms with Gasteiger partial charge in [-0.25, -0.2) is 0 Å². The predicted molar refractivity (Wildman–Crippen MR) is 39.6 cm³/mol. The molecule has 2 N–H and O–H groups in total. The van der Waals surface area contributed by atoms with Crippen molar-refractivity contribution in [2.75, 3.05) is 0 Å². The van der Waals surface area contributed by atoms with E-state index < -0.39 is 17.8 Å². The van der Waals surface area contributed by atoms with Gasteiger partial charge >= 0.3 is 6.18 Å². The lowest BCUT2D eigenvalue weighted by atomic mass is 10.1. The number of halogens is 3. The number of aromatic nitrogens is 2. The van der Waals surface area contributed by atoms with Gasteiger partial charge in [0.2, 0.25) is 0 Å². The first-order chi connectivity index (χ1) is 5.93. The van der Waals surface area contributed by atoms with Gasteiger partial charge in [0.15, 0.2) is 0 Å². The van der Waals surface area contributed by atoms with E-state index in [1.165, 1.54) is 6.92 Å². The molecule has 0 saturated heterocycles. The van der Waals surface area contributed by atoms with Crippen molar-refractivity contribution in [3.63, 3.8) is 0 Å². The molecule has 13 heavy (non-hydrogen) atoms. The highest BCUT2D eigenvalue weighted by Crippen LogP contribution is 2.32. The molecule has 0 spiro atoms. The quantitative estimate of drug-likeness (QED) is 0.732. The number of nitrogens with two attached hydrogens (primary N) is 1. The fourth-order valence-corrected chi connectivity index (χ4v) is 0.919. The zero-order chi connectivity index (χ0) is 10.1. The van der Waals surface area contributed by atoms with Crippen molar-refractivity contribution in [2.24, 2.45) is 5.73 Å². The first-order valence-corrected chi connectivity index (χ1v) is 3.57. The first kappa shape index (κ1) is 9.91. The monoisotopic (exact) mass is 191 g/mol. The molecule has 3 nitrogen and oxygen atoms in total. The van der Waals surface area contributed by atoms with Crippen LogP contribution >= 0.6 is 0 Å². The molecule has 1 rings (SSSR count). The van der Waals surface area contributed by atoms with Crippen molar-refractivity contribution in [2.45, 2.75) is 19.1 Å². The summed E-state index contributed by atoms with van der Waals surface area (Å²) in [5, 5.41) is 6.70. The zero-order valence-electron chi connectivity index (χ0n) is 6.84. The molecule has 0 aromatic carbocycles. The lowest BCUT2D eigenvalue weighted by molar-refractivity contribution is -0.138. The SMILES string of the molecule is C[C@@H](N)c1nnccc1C(F)(F)F. The minimum absolute atomic E-state index is 0.227. The van der Waals surface area contributed by atoms with Gasteiger partial charge in [-0.1, -0.05) is 0 Å². The molecule has 72 valence electrons. The lowest BCUT2D eigenvalue weighted by Gasteiger charge is -2.12. The molecule has 1 aromatic rings. The molecule has 0 saturated carbocycles. The second-order valence-electron chi connectivity index (χ2n) is 2.62. The zero-order valence-corrected chi connectivity index (χ0v) is 6.84. The molecule has 1 heterocycles. The highest BCUT2D eigenvalue weighted by Gasteiger charge is 2.34. The summed E-state index contributed by atoms with van der Waals surface area (Å²) in [6.07, 6.45) is -3.42. The normalized spacial score (nSPS) is 14.2. The summed E-state index contributed by atoms with van der Waals surface area (Å²) >= 11 is 0. The highest BCUT2D eigenvalue weighted by atomic mass is 19.4. The molecule has 0 bridgehead atoms. The van der Waals surface area contributed by atoms with Gasteiger partial charge in [0, 0.05) is 6.04 Å². The van der Waals surface area contributed by atoms with Gasteiger partial charge in [-0.15, -0.1) is 0 Å². The third-order valence-corrected chi connectivity index (χ3v) is 1.49. The Labute approximate surface area is 72.8 Å². The Morgan fingerprint density at radius 1 is 1.46 bits per heavy atom. The molecule has 0 amide bonds. The Morgan fingerprint density at radius 2 is 2.08 bits per heavy atom. The molecule has 0 fully saturated rings. The summed E-state index contributed by atoms with van der Waals surface area (Å²) in [6.45, 7) is 1.43. The predicted octanol–water partition coefficient (Wildman–Crippen LogP) is 1.52. The summed E-state index contributed by atoms with van der Waals surface area (Å²) in [6, 6.07) is 0.0939. The number of hydrogen-bond donors (Lipinski definition) is 1. The number of rotatable bonds is 1. The van der Waals surface area contributed by atoms with Crippen molar-refractivity contribution in [1.29, 1.82) is 0 Å². The van der Waals surface area contributed by atoms with Crippen molar-refractivity contribution in [3.8, 4) is 0 Å². The Kier molecular flexibility index (Phi) is 2.51. The van der Waals surface area contributed by atoms with Crippen LogP contribution in [0.5, 0.6) is 0 Å². The molecule has 6 heteroatoms. The summed E-state index contributed by atoms with van der Waals surface area (Å²) in [7, 11) is 0. The number of alkyl halides is 3. The third kappa shape index (κ3) is 2.15. The average Bonchev–Trinajstić information content (AvgIpc) is 2.03. The standard InChI is InChI=1S/C7H8F3N3/c1-4(11)6-5(7(8,9)10)2-3-12-13-6/h2-4H,11H2,1H3/t4-/m1/s1. The number of nitrogens with zero attached hydrogens (tertiary/aromatic N) is 2. The minimum atomic E-state index is -4.42.